The molecule has 0 aliphatic heterocycles. The number of benzene rings is 2. The minimum Gasteiger partial charge on any atom is -0.324 e. The van der Waals surface area contributed by atoms with Crippen molar-refractivity contribution in [2.75, 3.05) is 5.43 Å². The van der Waals surface area contributed by atoms with Crippen LogP contribution < -0.4 is 11.3 Å². The van der Waals surface area contributed by atoms with Crippen molar-refractivity contribution in [2.45, 2.75) is 6.42 Å². The van der Waals surface area contributed by atoms with Gasteiger partial charge in [0.05, 0.1) is 5.69 Å². The molecule has 3 heteroatoms. The molecule has 3 N–H and O–H groups in total. The molecule has 0 radical (unpaired) electrons. The van der Waals surface area contributed by atoms with Crippen LogP contribution in [0.4, 0.5) is 5.69 Å². The van der Waals surface area contributed by atoms with Gasteiger partial charge in [0.25, 0.3) is 0 Å². The lowest BCUT2D eigenvalue weighted by atomic mass is 10.0. The van der Waals surface area contributed by atoms with E-state index in [0.29, 0.717) is 0 Å². The normalized spacial score (nSPS) is 10.1. The first-order valence-corrected chi connectivity index (χ1v) is 5.46. The quantitative estimate of drug-likeness (QED) is 0.630. The third-order valence-corrected chi connectivity index (χ3v) is 2.70. The molecule has 0 aromatic heterocycles. The predicted molar refractivity (Wildman–Crippen MR) is 68.5 cm³/mol. The minimum absolute atomic E-state index is 0.727. The molecule has 0 fully saturated rings. The molecule has 0 heterocycles. The monoisotopic (exact) mass is 232 g/mol. The van der Waals surface area contributed by atoms with Crippen molar-refractivity contribution in [2.24, 2.45) is 5.84 Å². The van der Waals surface area contributed by atoms with Crippen LogP contribution in [0.2, 0.25) is 5.02 Å². The van der Waals surface area contributed by atoms with Gasteiger partial charge in [-0.05, 0) is 35.7 Å². The van der Waals surface area contributed by atoms with Crippen molar-refractivity contribution in [3.05, 3.63) is 64.7 Å². The van der Waals surface area contributed by atoms with Crippen LogP contribution in [0.3, 0.4) is 0 Å². The third kappa shape index (κ3) is 2.54. The van der Waals surface area contributed by atoms with Gasteiger partial charge in [-0.2, -0.15) is 0 Å². The molecule has 0 amide bonds. The summed E-state index contributed by atoms with van der Waals surface area (Å²) in [5.74, 6) is 5.46. The number of nitrogens with two attached hydrogens (primary N) is 1. The fraction of sp³-hybridized carbons (Fsp3) is 0.0769. The topological polar surface area (TPSA) is 38.0 Å². The zero-order chi connectivity index (χ0) is 11.4. The number of nitrogens with one attached hydrogen (secondary N) is 1. The van der Waals surface area contributed by atoms with Gasteiger partial charge < -0.3 is 5.43 Å². The highest BCUT2D eigenvalue weighted by Gasteiger charge is 2.03. The van der Waals surface area contributed by atoms with Gasteiger partial charge in [0, 0.05) is 5.02 Å². The SMILES string of the molecule is NNc1ccc(Cl)cc1Cc1ccccc1. The maximum atomic E-state index is 5.97. The van der Waals surface area contributed by atoms with E-state index < -0.39 is 0 Å². The van der Waals surface area contributed by atoms with Crippen molar-refractivity contribution in [1.29, 1.82) is 0 Å². The summed E-state index contributed by atoms with van der Waals surface area (Å²) in [4.78, 5) is 0. The lowest BCUT2D eigenvalue weighted by Crippen LogP contribution is -2.09. The molecule has 0 bridgehead atoms. The summed E-state index contributed by atoms with van der Waals surface area (Å²) < 4.78 is 0. The molecule has 0 spiro atoms. The number of anilines is 1. The molecule has 82 valence electrons. The van der Waals surface area contributed by atoms with E-state index in [9.17, 15) is 0 Å². The van der Waals surface area contributed by atoms with Gasteiger partial charge in [-0.3, -0.25) is 5.84 Å². The van der Waals surface area contributed by atoms with Crippen LogP contribution in [0.5, 0.6) is 0 Å². The summed E-state index contributed by atoms with van der Waals surface area (Å²) in [5.41, 5.74) is 5.93. The Labute approximate surface area is 100 Å². The highest BCUT2D eigenvalue weighted by atomic mass is 35.5. The Kier molecular flexibility index (Phi) is 3.44. The van der Waals surface area contributed by atoms with Crippen molar-refractivity contribution in [1.82, 2.24) is 0 Å². The summed E-state index contributed by atoms with van der Waals surface area (Å²) in [6, 6.07) is 15.9. The first-order chi connectivity index (χ1) is 7.79. The standard InChI is InChI=1S/C13H13ClN2/c14-12-6-7-13(16-15)11(9-12)8-10-4-2-1-3-5-10/h1-7,9,16H,8,15H2. The van der Waals surface area contributed by atoms with E-state index in [4.69, 9.17) is 17.4 Å². The Hall–Kier alpha value is -1.51. The molecule has 0 unspecified atom stereocenters. The zero-order valence-corrected chi connectivity index (χ0v) is 9.54. The largest absolute Gasteiger partial charge is 0.324 e. The van der Waals surface area contributed by atoms with E-state index in [1.54, 1.807) is 0 Å². The van der Waals surface area contributed by atoms with E-state index in [0.717, 1.165) is 22.7 Å². The van der Waals surface area contributed by atoms with Gasteiger partial charge >= 0.3 is 0 Å². The smallest absolute Gasteiger partial charge is 0.0521 e. The first-order valence-electron chi connectivity index (χ1n) is 5.08. The van der Waals surface area contributed by atoms with Crippen molar-refractivity contribution in [3.8, 4) is 0 Å². The number of hydrogen-bond acceptors (Lipinski definition) is 2. The van der Waals surface area contributed by atoms with E-state index in [2.05, 4.69) is 17.6 Å². The van der Waals surface area contributed by atoms with Crippen LogP contribution in [0.25, 0.3) is 0 Å². The number of halogens is 1. The number of nitrogen functional groups attached to an aromatic ring is 1. The molecule has 0 saturated heterocycles. The van der Waals surface area contributed by atoms with E-state index in [1.165, 1.54) is 5.56 Å². The lowest BCUT2D eigenvalue weighted by Gasteiger charge is -2.09. The molecule has 2 aromatic carbocycles. The van der Waals surface area contributed by atoms with Gasteiger partial charge in [0.1, 0.15) is 0 Å². The molecule has 0 aliphatic rings. The zero-order valence-electron chi connectivity index (χ0n) is 8.78. The Bertz CT molecular complexity index is 469. The molecular formula is C13H13ClN2. The van der Waals surface area contributed by atoms with Crippen LogP contribution in [0.15, 0.2) is 48.5 Å². The van der Waals surface area contributed by atoms with Crippen LogP contribution >= 0.6 is 11.6 Å². The number of hydrogen-bond donors (Lipinski definition) is 2. The maximum Gasteiger partial charge on any atom is 0.0521 e. The number of hydrazine groups is 1. The average Bonchev–Trinajstić information content (AvgIpc) is 2.31. The van der Waals surface area contributed by atoms with E-state index in [-0.39, 0.29) is 0 Å². The minimum atomic E-state index is 0.727. The molecule has 0 saturated carbocycles. The van der Waals surface area contributed by atoms with E-state index in [1.807, 2.05) is 36.4 Å². The summed E-state index contributed by atoms with van der Waals surface area (Å²) >= 11 is 5.97. The highest BCUT2D eigenvalue weighted by Crippen LogP contribution is 2.22. The Morgan fingerprint density at radius 2 is 1.81 bits per heavy atom. The summed E-state index contributed by atoms with van der Waals surface area (Å²) in [6.45, 7) is 0. The Morgan fingerprint density at radius 1 is 1.06 bits per heavy atom. The first kappa shape index (κ1) is 11.0. The molecule has 2 rings (SSSR count). The van der Waals surface area contributed by atoms with Gasteiger partial charge in [-0.1, -0.05) is 41.9 Å². The van der Waals surface area contributed by atoms with Crippen LogP contribution in [-0.2, 0) is 6.42 Å². The predicted octanol–water partition coefficient (Wildman–Crippen LogP) is 3.22. The highest BCUT2D eigenvalue weighted by molar-refractivity contribution is 6.30. The van der Waals surface area contributed by atoms with Gasteiger partial charge in [-0.15, -0.1) is 0 Å². The second-order valence-electron chi connectivity index (χ2n) is 3.61. The lowest BCUT2D eigenvalue weighted by molar-refractivity contribution is 1.17. The second kappa shape index (κ2) is 5.01. The third-order valence-electron chi connectivity index (χ3n) is 2.46. The molecule has 0 aliphatic carbocycles. The number of rotatable bonds is 3. The molecule has 2 nitrogen and oxygen atoms in total. The molecule has 2 aromatic rings. The fourth-order valence-corrected chi connectivity index (χ4v) is 1.86. The summed E-state index contributed by atoms with van der Waals surface area (Å²) in [7, 11) is 0. The second-order valence-corrected chi connectivity index (χ2v) is 4.04. The molecule has 16 heavy (non-hydrogen) atoms. The van der Waals surface area contributed by atoms with Crippen molar-refractivity contribution >= 4 is 17.3 Å². The average molecular weight is 233 g/mol. The summed E-state index contributed by atoms with van der Waals surface area (Å²) in [5, 5.41) is 0.727. The van der Waals surface area contributed by atoms with Crippen LogP contribution in [-0.4, -0.2) is 0 Å². The Morgan fingerprint density at radius 3 is 2.50 bits per heavy atom. The van der Waals surface area contributed by atoms with Crippen molar-refractivity contribution in [3.63, 3.8) is 0 Å². The molecule has 0 atom stereocenters. The fourth-order valence-electron chi connectivity index (χ4n) is 1.67. The van der Waals surface area contributed by atoms with Crippen LogP contribution in [0.1, 0.15) is 11.1 Å². The maximum absolute atomic E-state index is 5.97. The van der Waals surface area contributed by atoms with Gasteiger partial charge in [0.2, 0.25) is 0 Å². The Balaban J connectivity index is 2.30. The van der Waals surface area contributed by atoms with Crippen molar-refractivity contribution < 1.29 is 0 Å². The molecular weight excluding hydrogens is 220 g/mol. The van der Waals surface area contributed by atoms with Crippen LogP contribution in [0, 0.1) is 0 Å². The van der Waals surface area contributed by atoms with Gasteiger partial charge in [0.15, 0.2) is 0 Å². The van der Waals surface area contributed by atoms with E-state index >= 15 is 0 Å². The summed E-state index contributed by atoms with van der Waals surface area (Å²) in [6.07, 6.45) is 0.820. The van der Waals surface area contributed by atoms with Gasteiger partial charge in [-0.25, -0.2) is 0 Å².